The van der Waals surface area contributed by atoms with Gasteiger partial charge in [-0.05, 0) is 35.9 Å². The summed E-state index contributed by atoms with van der Waals surface area (Å²) in [4.78, 5) is 13.6. The van der Waals surface area contributed by atoms with Crippen LogP contribution < -0.4 is 10.1 Å². The fourth-order valence-electron chi connectivity index (χ4n) is 3.34. The average Bonchev–Trinajstić information content (AvgIpc) is 3.23. The molecule has 0 aliphatic rings. The number of rotatable bonds is 10. The van der Waals surface area contributed by atoms with E-state index in [0.29, 0.717) is 17.5 Å². The Morgan fingerprint density at radius 1 is 1.12 bits per heavy atom. The largest absolute Gasteiger partial charge is 0.485 e. The van der Waals surface area contributed by atoms with Gasteiger partial charge in [-0.1, -0.05) is 60.3 Å². The third kappa shape index (κ3) is 5.77. The molecular weight excluding hydrogens is 452 g/mol. The van der Waals surface area contributed by atoms with Gasteiger partial charge in [0.2, 0.25) is 5.91 Å². The molecule has 4 rings (SSSR count). The van der Waals surface area contributed by atoms with Gasteiger partial charge in [0.15, 0.2) is 11.0 Å². The summed E-state index contributed by atoms with van der Waals surface area (Å²) in [6.45, 7) is 4.63. The molecule has 0 fully saturated rings. The fourth-order valence-corrected chi connectivity index (χ4v) is 4.56. The molecule has 168 valence electrons. The highest BCUT2D eigenvalue weighted by Gasteiger charge is 2.15. The van der Waals surface area contributed by atoms with Gasteiger partial charge in [0.1, 0.15) is 12.4 Å². The number of fused-ring (bicyclic) bond motifs is 1. The van der Waals surface area contributed by atoms with Gasteiger partial charge in [-0.25, -0.2) is 0 Å². The Labute approximate surface area is 201 Å². The highest BCUT2D eigenvalue weighted by molar-refractivity contribution is 7.99. The minimum atomic E-state index is -0.0973. The number of hydrogen-bond acceptors (Lipinski definition) is 6. The van der Waals surface area contributed by atoms with Crippen LogP contribution in [-0.2, 0) is 17.9 Å². The first kappa shape index (κ1) is 22.9. The molecule has 8 heteroatoms. The second-order valence-corrected chi connectivity index (χ2v) is 8.96. The van der Waals surface area contributed by atoms with Gasteiger partial charge in [0.05, 0.1) is 5.75 Å². The van der Waals surface area contributed by atoms with E-state index in [9.17, 15) is 4.79 Å². The standard InChI is InChI=1S/C25H24N4O2S2/c1-3-14-29-23(16-31-22-13-6-9-18-8-4-5-12-21(18)22)27-28-25(29)33-17-24(30)26-19-10-7-11-20(15-19)32-2/h3-13,15H,1,14,16-17H2,2H3,(H,26,30). The molecule has 0 atom stereocenters. The summed E-state index contributed by atoms with van der Waals surface area (Å²) >= 11 is 2.97. The number of nitrogens with zero attached hydrogens (tertiary/aromatic N) is 3. The van der Waals surface area contributed by atoms with Crippen molar-refractivity contribution < 1.29 is 9.53 Å². The smallest absolute Gasteiger partial charge is 0.234 e. The molecule has 0 saturated carbocycles. The summed E-state index contributed by atoms with van der Waals surface area (Å²) in [5, 5.41) is 14.3. The molecule has 1 aromatic heterocycles. The molecule has 0 bridgehead atoms. The summed E-state index contributed by atoms with van der Waals surface area (Å²) in [7, 11) is 0. The van der Waals surface area contributed by atoms with Gasteiger partial charge in [-0.3, -0.25) is 9.36 Å². The predicted octanol–water partition coefficient (Wildman–Crippen LogP) is 5.65. The van der Waals surface area contributed by atoms with E-state index < -0.39 is 0 Å². The Morgan fingerprint density at radius 2 is 1.94 bits per heavy atom. The number of ether oxygens (including phenoxy) is 1. The molecular formula is C25H24N4O2S2. The third-order valence-corrected chi connectivity index (χ3v) is 6.59. The van der Waals surface area contributed by atoms with Gasteiger partial charge in [-0.15, -0.1) is 28.5 Å². The Morgan fingerprint density at radius 3 is 2.79 bits per heavy atom. The van der Waals surface area contributed by atoms with Crippen LogP contribution in [0, 0.1) is 0 Å². The first-order valence-electron chi connectivity index (χ1n) is 10.4. The summed E-state index contributed by atoms with van der Waals surface area (Å²) < 4.78 is 8.00. The van der Waals surface area contributed by atoms with Crippen LogP contribution in [0.5, 0.6) is 5.75 Å². The number of anilines is 1. The number of amides is 1. The van der Waals surface area contributed by atoms with Crippen molar-refractivity contribution in [1.82, 2.24) is 14.8 Å². The summed E-state index contributed by atoms with van der Waals surface area (Å²) in [5.41, 5.74) is 0.782. The molecule has 0 radical (unpaired) electrons. The molecule has 1 heterocycles. The summed E-state index contributed by atoms with van der Waals surface area (Å²) in [5.74, 6) is 1.60. The molecule has 0 aliphatic heterocycles. The lowest BCUT2D eigenvalue weighted by molar-refractivity contribution is -0.113. The Hall–Kier alpha value is -3.23. The van der Waals surface area contributed by atoms with Crippen molar-refractivity contribution >= 4 is 45.9 Å². The third-order valence-electron chi connectivity index (χ3n) is 4.90. The zero-order chi connectivity index (χ0) is 23.0. The van der Waals surface area contributed by atoms with Gasteiger partial charge >= 0.3 is 0 Å². The van der Waals surface area contributed by atoms with E-state index in [4.69, 9.17) is 4.74 Å². The molecule has 1 N–H and O–H groups in total. The van der Waals surface area contributed by atoms with Crippen molar-refractivity contribution in [1.29, 1.82) is 0 Å². The number of carbonyl (C=O) groups excluding carboxylic acids is 1. The van der Waals surface area contributed by atoms with Crippen molar-refractivity contribution in [3.8, 4) is 5.75 Å². The first-order valence-corrected chi connectivity index (χ1v) is 12.6. The number of hydrogen-bond donors (Lipinski definition) is 1. The summed E-state index contributed by atoms with van der Waals surface area (Å²) in [6.07, 6.45) is 3.79. The number of allylic oxidation sites excluding steroid dienone is 1. The number of nitrogens with one attached hydrogen (secondary N) is 1. The minimum absolute atomic E-state index is 0.0973. The van der Waals surface area contributed by atoms with Crippen LogP contribution in [0.25, 0.3) is 10.8 Å². The van der Waals surface area contributed by atoms with Gasteiger partial charge in [0.25, 0.3) is 0 Å². The molecule has 6 nitrogen and oxygen atoms in total. The monoisotopic (exact) mass is 476 g/mol. The second kappa shape index (κ2) is 11.1. The summed E-state index contributed by atoms with van der Waals surface area (Å²) in [6, 6.07) is 21.8. The van der Waals surface area contributed by atoms with Crippen LogP contribution in [0.3, 0.4) is 0 Å². The molecule has 0 aliphatic carbocycles. The number of benzene rings is 3. The molecule has 4 aromatic rings. The van der Waals surface area contributed by atoms with Gasteiger partial charge < -0.3 is 10.1 Å². The van der Waals surface area contributed by atoms with E-state index in [0.717, 1.165) is 27.1 Å². The van der Waals surface area contributed by atoms with E-state index in [1.54, 1.807) is 17.8 Å². The highest BCUT2D eigenvalue weighted by Crippen LogP contribution is 2.26. The van der Waals surface area contributed by atoms with E-state index in [2.05, 4.69) is 34.2 Å². The van der Waals surface area contributed by atoms with E-state index in [-0.39, 0.29) is 18.3 Å². The topological polar surface area (TPSA) is 69.0 Å². The van der Waals surface area contributed by atoms with Crippen LogP contribution in [0.4, 0.5) is 5.69 Å². The van der Waals surface area contributed by atoms with Crippen molar-refractivity contribution in [2.24, 2.45) is 0 Å². The van der Waals surface area contributed by atoms with Crippen LogP contribution >= 0.6 is 23.5 Å². The molecule has 3 aromatic carbocycles. The maximum Gasteiger partial charge on any atom is 0.234 e. The predicted molar refractivity (Wildman–Crippen MR) is 136 cm³/mol. The maximum absolute atomic E-state index is 12.5. The average molecular weight is 477 g/mol. The quantitative estimate of drug-likeness (QED) is 0.236. The molecule has 1 amide bonds. The Balaban J connectivity index is 1.41. The van der Waals surface area contributed by atoms with Crippen molar-refractivity contribution in [2.45, 2.75) is 23.2 Å². The maximum atomic E-state index is 12.5. The highest BCUT2D eigenvalue weighted by atomic mass is 32.2. The fraction of sp³-hybridized carbons (Fsp3) is 0.160. The van der Waals surface area contributed by atoms with Gasteiger partial charge in [-0.2, -0.15) is 0 Å². The van der Waals surface area contributed by atoms with Crippen LogP contribution in [0.15, 0.2) is 89.4 Å². The Bertz CT molecular complexity index is 1270. The molecule has 0 spiro atoms. The molecule has 0 unspecified atom stereocenters. The van der Waals surface area contributed by atoms with Crippen LogP contribution in [-0.4, -0.2) is 32.7 Å². The van der Waals surface area contributed by atoms with Crippen molar-refractivity contribution in [2.75, 3.05) is 17.3 Å². The minimum Gasteiger partial charge on any atom is -0.485 e. The number of carbonyl (C=O) groups is 1. The SMILES string of the molecule is C=CCn1c(COc2cccc3ccccc23)nnc1SCC(=O)Nc1cccc(SC)c1. The van der Waals surface area contributed by atoms with E-state index >= 15 is 0 Å². The van der Waals surface area contributed by atoms with Crippen molar-refractivity contribution in [3.05, 3.63) is 85.2 Å². The van der Waals surface area contributed by atoms with E-state index in [1.807, 2.05) is 65.4 Å². The second-order valence-electron chi connectivity index (χ2n) is 7.13. The number of aromatic nitrogens is 3. The van der Waals surface area contributed by atoms with Gasteiger partial charge in [0, 0.05) is 22.5 Å². The van der Waals surface area contributed by atoms with E-state index in [1.165, 1.54) is 11.8 Å². The number of thioether (sulfide) groups is 2. The van der Waals surface area contributed by atoms with Crippen molar-refractivity contribution in [3.63, 3.8) is 0 Å². The zero-order valence-electron chi connectivity index (χ0n) is 18.2. The molecule has 33 heavy (non-hydrogen) atoms. The lowest BCUT2D eigenvalue weighted by Crippen LogP contribution is -2.15. The Kier molecular flexibility index (Phi) is 7.70. The normalized spacial score (nSPS) is 10.8. The molecule has 0 saturated heterocycles. The lowest BCUT2D eigenvalue weighted by Gasteiger charge is -2.11. The van der Waals surface area contributed by atoms with Crippen LogP contribution in [0.2, 0.25) is 0 Å². The lowest BCUT2D eigenvalue weighted by atomic mass is 10.1. The van der Waals surface area contributed by atoms with Crippen LogP contribution in [0.1, 0.15) is 5.82 Å². The first-order chi connectivity index (χ1) is 16.2. The zero-order valence-corrected chi connectivity index (χ0v) is 19.9.